The summed E-state index contributed by atoms with van der Waals surface area (Å²) in [7, 11) is 2.87. The molecule has 1 amide bonds. The number of nitrogens with one attached hydrogen (secondary N) is 1. The Balaban J connectivity index is 2.30. The van der Waals surface area contributed by atoms with E-state index in [0.717, 1.165) is 11.3 Å². The number of hydrogen-bond acceptors (Lipinski definition) is 4. The van der Waals surface area contributed by atoms with Crippen molar-refractivity contribution >= 4 is 5.91 Å². The molecule has 6 heteroatoms. The van der Waals surface area contributed by atoms with Gasteiger partial charge < -0.3 is 4.74 Å². The Hall–Kier alpha value is -2.18. The lowest BCUT2D eigenvalue weighted by Crippen LogP contribution is -2.43. The number of nitrogens with zero attached hydrogens (tertiary/aromatic N) is 2. The number of hydrogen-bond donors (Lipinski definition) is 1. The summed E-state index contributed by atoms with van der Waals surface area (Å²) < 4.78 is 7.09. The predicted octanol–water partition coefficient (Wildman–Crippen LogP) is 1.41. The van der Waals surface area contributed by atoms with Gasteiger partial charge in [-0.05, 0) is 30.7 Å². The minimum Gasteiger partial charge on any atom is -0.364 e. The summed E-state index contributed by atoms with van der Waals surface area (Å²) in [5.74, 6) is -0.366. The van der Waals surface area contributed by atoms with Crippen LogP contribution < -0.4 is 5.48 Å². The van der Waals surface area contributed by atoms with Gasteiger partial charge in [-0.15, -0.1) is 0 Å². The van der Waals surface area contributed by atoms with E-state index >= 15 is 0 Å². The van der Waals surface area contributed by atoms with Crippen molar-refractivity contribution in [3.05, 3.63) is 48.3 Å². The van der Waals surface area contributed by atoms with Crippen molar-refractivity contribution in [2.45, 2.75) is 12.5 Å². The van der Waals surface area contributed by atoms with Crippen LogP contribution in [0.5, 0.6) is 0 Å². The number of benzene rings is 1. The van der Waals surface area contributed by atoms with Gasteiger partial charge in [0.1, 0.15) is 0 Å². The highest BCUT2D eigenvalue weighted by atomic mass is 16.6. The molecular formula is C14H17N3O3. The molecule has 0 bridgehead atoms. The molecule has 0 spiro atoms. The van der Waals surface area contributed by atoms with Crippen LogP contribution in [0, 0.1) is 0 Å². The molecule has 1 heterocycles. The largest absolute Gasteiger partial charge is 0.364 e. The number of carbonyl (C=O) groups is 1. The Morgan fingerprint density at radius 3 is 2.50 bits per heavy atom. The van der Waals surface area contributed by atoms with E-state index in [-0.39, 0.29) is 5.91 Å². The van der Waals surface area contributed by atoms with E-state index < -0.39 is 5.60 Å². The van der Waals surface area contributed by atoms with Crippen LogP contribution in [0.2, 0.25) is 0 Å². The molecule has 6 nitrogen and oxygen atoms in total. The summed E-state index contributed by atoms with van der Waals surface area (Å²) in [4.78, 5) is 16.7. The molecule has 0 radical (unpaired) electrons. The highest BCUT2D eigenvalue weighted by Gasteiger charge is 2.35. The van der Waals surface area contributed by atoms with Crippen LogP contribution in [0.25, 0.3) is 5.69 Å². The summed E-state index contributed by atoms with van der Waals surface area (Å²) in [6, 6.07) is 9.25. The van der Waals surface area contributed by atoms with Crippen LogP contribution in [-0.4, -0.2) is 29.9 Å². The fraction of sp³-hybridized carbons (Fsp3) is 0.286. The highest BCUT2D eigenvalue weighted by molar-refractivity contribution is 5.85. The van der Waals surface area contributed by atoms with Gasteiger partial charge in [0.15, 0.2) is 5.60 Å². The molecule has 0 saturated carbocycles. The van der Waals surface area contributed by atoms with Crippen molar-refractivity contribution in [1.29, 1.82) is 0 Å². The first-order valence-corrected chi connectivity index (χ1v) is 6.11. The number of amides is 1. The van der Waals surface area contributed by atoms with Crippen LogP contribution in [0.1, 0.15) is 12.5 Å². The number of aromatic nitrogens is 2. The van der Waals surface area contributed by atoms with Gasteiger partial charge >= 0.3 is 0 Å². The monoisotopic (exact) mass is 275 g/mol. The average Bonchev–Trinajstić information content (AvgIpc) is 3.01. The summed E-state index contributed by atoms with van der Waals surface area (Å²) in [6.45, 7) is 1.68. The maximum absolute atomic E-state index is 12.0. The second-order valence-electron chi connectivity index (χ2n) is 4.37. The van der Waals surface area contributed by atoms with Crippen molar-refractivity contribution in [3.8, 4) is 5.69 Å². The van der Waals surface area contributed by atoms with Gasteiger partial charge in [-0.3, -0.25) is 9.63 Å². The number of rotatable bonds is 5. The minimum absolute atomic E-state index is 0.366. The van der Waals surface area contributed by atoms with Gasteiger partial charge in [0.05, 0.1) is 12.8 Å². The fourth-order valence-electron chi connectivity index (χ4n) is 1.89. The van der Waals surface area contributed by atoms with E-state index in [1.54, 1.807) is 17.8 Å². The SMILES string of the molecule is CONC(=O)C(C)(OC)c1ccc(-n2cccn2)cc1. The van der Waals surface area contributed by atoms with Gasteiger partial charge in [0.2, 0.25) is 0 Å². The average molecular weight is 275 g/mol. The third kappa shape index (κ3) is 2.56. The van der Waals surface area contributed by atoms with Gasteiger partial charge in [-0.2, -0.15) is 5.10 Å². The lowest BCUT2D eigenvalue weighted by atomic mass is 9.95. The number of methoxy groups -OCH3 is 1. The molecule has 2 rings (SSSR count). The van der Waals surface area contributed by atoms with Gasteiger partial charge in [0, 0.05) is 19.5 Å². The van der Waals surface area contributed by atoms with Gasteiger partial charge in [0.25, 0.3) is 5.91 Å². The summed E-state index contributed by atoms with van der Waals surface area (Å²) in [5, 5.41) is 4.15. The van der Waals surface area contributed by atoms with Crippen molar-refractivity contribution in [2.75, 3.05) is 14.2 Å². The first-order valence-electron chi connectivity index (χ1n) is 6.11. The molecule has 0 aliphatic heterocycles. The van der Waals surface area contributed by atoms with Crippen LogP contribution >= 0.6 is 0 Å². The van der Waals surface area contributed by atoms with Crippen molar-refractivity contribution < 1.29 is 14.4 Å². The van der Waals surface area contributed by atoms with Crippen LogP contribution in [0.4, 0.5) is 0 Å². The first kappa shape index (κ1) is 14.2. The molecule has 0 saturated heterocycles. The second-order valence-corrected chi connectivity index (χ2v) is 4.37. The number of hydroxylamine groups is 1. The van der Waals surface area contributed by atoms with E-state index in [9.17, 15) is 4.79 Å². The molecule has 1 aromatic carbocycles. The Morgan fingerprint density at radius 1 is 1.30 bits per heavy atom. The van der Waals surface area contributed by atoms with Crippen molar-refractivity contribution in [1.82, 2.24) is 15.3 Å². The Labute approximate surface area is 117 Å². The Morgan fingerprint density at radius 2 is 2.00 bits per heavy atom. The maximum Gasteiger partial charge on any atom is 0.280 e. The number of carbonyl (C=O) groups excluding carboxylic acids is 1. The van der Waals surface area contributed by atoms with Crippen molar-refractivity contribution in [3.63, 3.8) is 0 Å². The minimum atomic E-state index is -1.11. The number of ether oxygens (including phenoxy) is 1. The third-order valence-electron chi connectivity index (χ3n) is 3.22. The smallest absolute Gasteiger partial charge is 0.280 e. The van der Waals surface area contributed by atoms with Crippen LogP contribution in [0.15, 0.2) is 42.7 Å². The topological polar surface area (TPSA) is 65.4 Å². The lowest BCUT2D eigenvalue weighted by molar-refractivity contribution is -0.153. The Bertz CT molecular complexity index is 566. The van der Waals surface area contributed by atoms with E-state index in [1.165, 1.54) is 14.2 Å². The van der Waals surface area contributed by atoms with E-state index in [0.29, 0.717) is 0 Å². The van der Waals surface area contributed by atoms with E-state index in [1.807, 2.05) is 36.5 Å². The molecule has 1 N–H and O–H groups in total. The molecule has 1 unspecified atom stereocenters. The first-order chi connectivity index (χ1) is 9.61. The maximum atomic E-state index is 12.0. The van der Waals surface area contributed by atoms with Gasteiger partial charge in [-0.1, -0.05) is 12.1 Å². The standard InChI is InChI=1S/C14H17N3O3/c1-14(19-2,13(18)16-20-3)11-5-7-12(8-6-11)17-10-4-9-15-17/h4-10H,1-3H3,(H,16,18). The zero-order valence-corrected chi connectivity index (χ0v) is 11.7. The molecular weight excluding hydrogens is 258 g/mol. The predicted molar refractivity (Wildman–Crippen MR) is 73.1 cm³/mol. The summed E-state index contributed by atoms with van der Waals surface area (Å²) in [6.07, 6.45) is 3.56. The Kier molecular flexibility index (Phi) is 4.16. The van der Waals surface area contributed by atoms with Crippen molar-refractivity contribution in [2.24, 2.45) is 0 Å². The molecule has 0 aliphatic rings. The molecule has 0 aliphatic carbocycles. The molecule has 1 atom stereocenters. The zero-order chi connectivity index (χ0) is 14.6. The zero-order valence-electron chi connectivity index (χ0n) is 11.7. The molecule has 2 aromatic rings. The second kappa shape index (κ2) is 5.85. The van der Waals surface area contributed by atoms with Crippen LogP contribution in [-0.2, 0) is 20.0 Å². The molecule has 1 aromatic heterocycles. The summed E-state index contributed by atoms with van der Waals surface area (Å²) >= 11 is 0. The summed E-state index contributed by atoms with van der Waals surface area (Å²) in [5.41, 5.74) is 2.82. The van der Waals surface area contributed by atoms with E-state index in [2.05, 4.69) is 15.4 Å². The molecule has 106 valence electrons. The molecule has 20 heavy (non-hydrogen) atoms. The highest BCUT2D eigenvalue weighted by Crippen LogP contribution is 2.25. The normalized spacial score (nSPS) is 13.8. The third-order valence-corrected chi connectivity index (χ3v) is 3.22. The lowest BCUT2D eigenvalue weighted by Gasteiger charge is -2.26. The quantitative estimate of drug-likeness (QED) is 0.838. The van der Waals surface area contributed by atoms with Crippen LogP contribution in [0.3, 0.4) is 0 Å². The van der Waals surface area contributed by atoms with Gasteiger partial charge in [-0.25, -0.2) is 10.2 Å². The molecule has 0 fully saturated rings. The fourth-order valence-corrected chi connectivity index (χ4v) is 1.89. The van der Waals surface area contributed by atoms with E-state index in [4.69, 9.17) is 4.74 Å².